The van der Waals surface area contributed by atoms with Crippen LogP contribution in [0.15, 0.2) is 48.5 Å². The van der Waals surface area contributed by atoms with E-state index in [-0.39, 0.29) is 11.6 Å². The molecule has 0 bridgehead atoms. The highest BCUT2D eigenvalue weighted by Crippen LogP contribution is 2.30. The van der Waals surface area contributed by atoms with E-state index in [2.05, 4.69) is 15.4 Å². The van der Waals surface area contributed by atoms with Gasteiger partial charge < -0.3 is 15.4 Å². The van der Waals surface area contributed by atoms with Crippen LogP contribution in [0.2, 0.25) is 0 Å². The number of methoxy groups -OCH3 is 1. The number of aryl methyl sites for hydroxylation is 1. The van der Waals surface area contributed by atoms with Crippen LogP contribution in [0.3, 0.4) is 0 Å². The molecule has 31 heavy (non-hydrogen) atoms. The Balaban J connectivity index is 1.76. The first kappa shape index (κ1) is 21.8. The van der Waals surface area contributed by atoms with Gasteiger partial charge in [0.05, 0.1) is 7.11 Å². The summed E-state index contributed by atoms with van der Waals surface area (Å²) in [4.78, 5) is 24.5. The lowest BCUT2D eigenvalue weighted by molar-refractivity contribution is 0.101. The van der Waals surface area contributed by atoms with E-state index in [1.807, 2.05) is 13.0 Å². The quantitative estimate of drug-likeness (QED) is 0.437. The Morgan fingerprint density at radius 1 is 0.774 bits per heavy atom. The number of anilines is 2. The van der Waals surface area contributed by atoms with E-state index >= 15 is 0 Å². The molecule has 3 aromatic carbocycles. The van der Waals surface area contributed by atoms with Crippen molar-refractivity contribution in [3.8, 4) is 5.75 Å². The fraction of sp³-hybridized carbons (Fsp3) is 0.0909. The molecule has 0 aromatic heterocycles. The predicted molar refractivity (Wildman–Crippen MR) is 106 cm³/mol. The second-order valence-electron chi connectivity index (χ2n) is 6.52. The van der Waals surface area contributed by atoms with Gasteiger partial charge in [0.2, 0.25) is 11.6 Å². The van der Waals surface area contributed by atoms with E-state index in [4.69, 9.17) is 0 Å². The van der Waals surface area contributed by atoms with Crippen molar-refractivity contribution in [2.24, 2.45) is 0 Å². The molecule has 0 radical (unpaired) electrons. The summed E-state index contributed by atoms with van der Waals surface area (Å²) in [5.74, 6) is -10.4. The summed E-state index contributed by atoms with van der Waals surface area (Å²) in [7, 11) is 0.833. The Morgan fingerprint density at radius 2 is 1.29 bits per heavy atom. The van der Waals surface area contributed by atoms with E-state index in [1.165, 1.54) is 24.3 Å². The average Bonchev–Trinajstić information content (AvgIpc) is 2.74. The molecule has 0 fully saturated rings. The van der Waals surface area contributed by atoms with Crippen molar-refractivity contribution in [3.05, 3.63) is 88.5 Å². The standard InChI is InChI=1S/C22H16F4N2O3/c1-11-4-3-5-12(10-11)21(29)27-13-6-8-14(9-7-13)28-22(30)15-16(23)18(25)20(31-2)19(26)17(15)24/h3-10H,1-2H3,(H,27,29)(H,28,30). The molecule has 0 saturated heterocycles. The summed E-state index contributed by atoms with van der Waals surface area (Å²) in [5, 5.41) is 4.80. The Hall–Kier alpha value is -3.88. The average molecular weight is 432 g/mol. The zero-order valence-corrected chi connectivity index (χ0v) is 16.4. The number of carbonyl (C=O) groups excluding carboxylic acids is 2. The number of ether oxygens (including phenoxy) is 1. The number of benzene rings is 3. The van der Waals surface area contributed by atoms with Gasteiger partial charge in [0.15, 0.2) is 17.4 Å². The van der Waals surface area contributed by atoms with Gasteiger partial charge in [0.1, 0.15) is 5.56 Å². The summed E-state index contributed by atoms with van der Waals surface area (Å²) >= 11 is 0. The molecule has 9 heteroatoms. The largest absolute Gasteiger partial charge is 0.491 e. The van der Waals surface area contributed by atoms with Crippen LogP contribution in [0, 0.1) is 30.2 Å². The van der Waals surface area contributed by atoms with Crippen LogP contribution < -0.4 is 15.4 Å². The zero-order valence-electron chi connectivity index (χ0n) is 16.4. The van der Waals surface area contributed by atoms with Crippen molar-refractivity contribution in [1.29, 1.82) is 0 Å². The van der Waals surface area contributed by atoms with E-state index in [0.717, 1.165) is 12.7 Å². The normalized spacial score (nSPS) is 10.5. The van der Waals surface area contributed by atoms with Gasteiger partial charge in [-0.2, -0.15) is 8.78 Å². The number of carbonyl (C=O) groups is 2. The summed E-state index contributed by atoms with van der Waals surface area (Å²) < 4.78 is 60.0. The molecule has 0 heterocycles. The molecule has 0 aliphatic carbocycles. The van der Waals surface area contributed by atoms with Gasteiger partial charge in [-0.1, -0.05) is 17.7 Å². The maximum absolute atomic E-state index is 14.1. The molecule has 3 rings (SSSR count). The third kappa shape index (κ3) is 4.50. The number of hydrogen-bond acceptors (Lipinski definition) is 3. The molecule has 0 aliphatic rings. The minimum atomic E-state index is -1.88. The SMILES string of the molecule is COc1c(F)c(F)c(C(=O)Nc2ccc(NC(=O)c3cccc(C)c3)cc2)c(F)c1F. The molecular formula is C22H16F4N2O3. The Kier molecular flexibility index (Phi) is 6.24. The minimum absolute atomic E-state index is 0.0778. The van der Waals surface area contributed by atoms with Crippen LogP contribution in [0.1, 0.15) is 26.3 Å². The lowest BCUT2D eigenvalue weighted by Gasteiger charge is -2.12. The summed E-state index contributed by atoms with van der Waals surface area (Å²) in [6.45, 7) is 1.85. The van der Waals surface area contributed by atoms with Crippen molar-refractivity contribution in [1.82, 2.24) is 0 Å². The molecule has 0 spiro atoms. The molecule has 0 unspecified atom stereocenters. The monoisotopic (exact) mass is 432 g/mol. The van der Waals surface area contributed by atoms with Crippen LogP contribution >= 0.6 is 0 Å². The first-order valence-corrected chi connectivity index (χ1v) is 8.92. The zero-order chi connectivity index (χ0) is 22.7. The lowest BCUT2D eigenvalue weighted by atomic mass is 10.1. The van der Waals surface area contributed by atoms with Crippen LogP contribution in [-0.2, 0) is 0 Å². The summed E-state index contributed by atoms with van der Waals surface area (Å²) in [5.41, 5.74) is 0.411. The van der Waals surface area contributed by atoms with Gasteiger partial charge in [0, 0.05) is 16.9 Å². The fourth-order valence-corrected chi connectivity index (χ4v) is 2.81. The maximum Gasteiger partial charge on any atom is 0.261 e. The van der Waals surface area contributed by atoms with Crippen molar-refractivity contribution in [2.45, 2.75) is 6.92 Å². The van der Waals surface area contributed by atoms with Gasteiger partial charge >= 0.3 is 0 Å². The number of rotatable bonds is 5. The topological polar surface area (TPSA) is 67.4 Å². The van der Waals surface area contributed by atoms with Crippen LogP contribution in [0.25, 0.3) is 0 Å². The number of nitrogens with one attached hydrogen (secondary N) is 2. The molecule has 0 saturated carbocycles. The molecule has 2 N–H and O–H groups in total. The van der Waals surface area contributed by atoms with Crippen LogP contribution in [-0.4, -0.2) is 18.9 Å². The van der Waals surface area contributed by atoms with Crippen molar-refractivity contribution in [2.75, 3.05) is 17.7 Å². The molecule has 0 atom stereocenters. The van der Waals surface area contributed by atoms with E-state index in [0.29, 0.717) is 11.3 Å². The maximum atomic E-state index is 14.1. The highest BCUT2D eigenvalue weighted by atomic mass is 19.2. The smallest absolute Gasteiger partial charge is 0.261 e. The van der Waals surface area contributed by atoms with Crippen LogP contribution in [0.4, 0.5) is 28.9 Å². The molecule has 0 aliphatic heterocycles. The van der Waals surface area contributed by atoms with Crippen LogP contribution in [0.5, 0.6) is 5.75 Å². The summed E-state index contributed by atoms with van der Waals surface area (Å²) in [6.07, 6.45) is 0. The van der Waals surface area contributed by atoms with E-state index < -0.39 is 40.5 Å². The molecule has 2 amide bonds. The second kappa shape index (κ2) is 8.86. The predicted octanol–water partition coefficient (Wildman–Crippen LogP) is 5.06. The lowest BCUT2D eigenvalue weighted by Crippen LogP contribution is -2.19. The molecular weight excluding hydrogens is 416 g/mol. The molecule has 3 aromatic rings. The van der Waals surface area contributed by atoms with E-state index in [9.17, 15) is 27.2 Å². The highest BCUT2D eigenvalue weighted by Gasteiger charge is 2.30. The van der Waals surface area contributed by atoms with Crippen molar-refractivity contribution >= 4 is 23.2 Å². The van der Waals surface area contributed by atoms with Crippen molar-refractivity contribution < 1.29 is 31.9 Å². The highest BCUT2D eigenvalue weighted by molar-refractivity contribution is 6.06. The first-order valence-electron chi connectivity index (χ1n) is 8.92. The number of hydrogen-bond donors (Lipinski definition) is 2. The Bertz CT molecular complexity index is 1140. The van der Waals surface area contributed by atoms with Gasteiger partial charge in [-0.05, 0) is 43.3 Å². The van der Waals surface area contributed by atoms with Gasteiger partial charge in [-0.25, -0.2) is 8.78 Å². The molecule has 5 nitrogen and oxygen atoms in total. The number of amides is 2. The summed E-state index contributed by atoms with van der Waals surface area (Å²) in [6, 6.07) is 12.5. The Labute approximate surface area is 174 Å². The fourth-order valence-electron chi connectivity index (χ4n) is 2.81. The van der Waals surface area contributed by atoms with Crippen molar-refractivity contribution in [3.63, 3.8) is 0 Å². The third-order valence-corrected chi connectivity index (χ3v) is 4.34. The molecule has 160 valence electrons. The first-order chi connectivity index (χ1) is 14.7. The van der Waals surface area contributed by atoms with Gasteiger partial charge in [0.25, 0.3) is 11.8 Å². The van der Waals surface area contributed by atoms with Gasteiger partial charge in [-0.15, -0.1) is 0 Å². The van der Waals surface area contributed by atoms with E-state index in [1.54, 1.807) is 18.2 Å². The second-order valence-corrected chi connectivity index (χ2v) is 6.52. The number of halogens is 4. The Morgan fingerprint density at radius 3 is 1.77 bits per heavy atom. The minimum Gasteiger partial charge on any atom is -0.491 e. The third-order valence-electron chi connectivity index (χ3n) is 4.34. The van der Waals surface area contributed by atoms with Gasteiger partial charge in [-0.3, -0.25) is 9.59 Å².